The van der Waals surface area contributed by atoms with Crippen LogP contribution in [0.25, 0.3) is 0 Å². The minimum atomic E-state index is -0.645. The highest BCUT2D eigenvalue weighted by molar-refractivity contribution is 5.88. The van der Waals surface area contributed by atoms with Crippen molar-refractivity contribution in [2.45, 2.75) is 116 Å². The summed E-state index contributed by atoms with van der Waals surface area (Å²) < 4.78 is 0. The third-order valence-electron chi connectivity index (χ3n) is 9.73. The summed E-state index contributed by atoms with van der Waals surface area (Å²) >= 11 is 0. The number of aliphatic hydroxyl groups excluding tert-OH is 3. The molecule has 4 nitrogen and oxygen atoms in total. The van der Waals surface area contributed by atoms with E-state index in [0.717, 1.165) is 31.3 Å². The summed E-state index contributed by atoms with van der Waals surface area (Å²) in [6.07, 6.45) is 18.1. The SMILES string of the molecule is CCCC(=O)C1([C@H](O)/C=C/[C@@H](C)[C@H]2CC[C@H]3/C(=C/C=C4C[C@@H](O)C[C@H](O)C4)CCC[C@]23C)CC1. The predicted octanol–water partition coefficient (Wildman–Crippen LogP) is 5.66. The number of hydrogen-bond donors (Lipinski definition) is 3. The van der Waals surface area contributed by atoms with Gasteiger partial charge in [-0.1, -0.05) is 56.2 Å². The first-order valence-corrected chi connectivity index (χ1v) is 13.8. The lowest BCUT2D eigenvalue weighted by Gasteiger charge is -2.44. The van der Waals surface area contributed by atoms with E-state index in [0.29, 0.717) is 43.4 Å². The van der Waals surface area contributed by atoms with E-state index in [1.165, 1.54) is 31.3 Å². The first kappa shape index (κ1) is 25.9. The highest BCUT2D eigenvalue weighted by Crippen LogP contribution is 2.59. The fraction of sp³-hybridized carbons (Fsp3) is 0.767. The topological polar surface area (TPSA) is 77.8 Å². The van der Waals surface area contributed by atoms with Crippen LogP contribution in [0.15, 0.2) is 35.5 Å². The maximum Gasteiger partial charge on any atom is 0.141 e. The molecule has 4 rings (SSSR count). The summed E-state index contributed by atoms with van der Waals surface area (Å²) in [5.74, 6) is 1.78. The van der Waals surface area contributed by atoms with E-state index in [4.69, 9.17) is 0 Å². The average Bonchev–Trinajstić information content (AvgIpc) is 3.52. The second-order valence-electron chi connectivity index (χ2n) is 12.1. The van der Waals surface area contributed by atoms with Crippen LogP contribution < -0.4 is 0 Å². The lowest BCUT2D eigenvalue weighted by atomic mass is 9.61. The molecule has 0 aromatic rings. The first-order chi connectivity index (χ1) is 16.2. The standard InChI is InChI=1S/C30H46O4/c1-4-6-27(33)30(15-16-30)28(34)13-8-20(2)25-11-12-26-22(7-5-14-29(25,26)3)10-9-21-17-23(31)19-24(32)18-21/h8-10,13,20,23-26,28,31-32,34H,4-7,11-12,14-19H2,1-3H3/b13-8+,22-10+/t20-,23-,24-,25-,26+,28-,29-/m1/s1. The maximum atomic E-state index is 12.5. The minimum absolute atomic E-state index is 0.238. The highest BCUT2D eigenvalue weighted by Gasteiger charge is 2.54. The van der Waals surface area contributed by atoms with Crippen molar-refractivity contribution in [3.8, 4) is 0 Å². The number of fused-ring (bicyclic) bond motifs is 1. The molecule has 0 aromatic heterocycles. The van der Waals surface area contributed by atoms with Crippen molar-refractivity contribution in [2.75, 3.05) is 0 Å². The van der Waals surface area contributed by atoms with Crippen LogP contribution in [0.2, 0.25) is 0 Å². The molecule has 0 aliphatic heterocycles. The zero-order valence-corrected chi connectivity index (χ0v) is 21.5. The fourth-order valence-electron chi connectivity index (χ4n) is 7.62. The Morgan fingerprint density at radius 3 is 2.44 bits per heavy atom. The van der Waals surface area contributed by atoms with E-state index in [9.17, 15) is 20.1 Å². The molecule has 0 unspecified atom stereocenters. The summed E-state index contributed by atoms with van der Waals surface area (Å²) in [7, 11) is 0. The van der Waals surface area contributed by atoms with Gasteiger partial charge in [0.1, 0.15) is 5.78 Å². The largest absolute Gasteiger partial charge is 0.393 e. The molecule has 4 saturated carbocycles. The molecule has 0 radical (unpaired) electrons. The van der Waals surface area contributed by atoms with Gasteiger partial charge in [-0.05, 0) is 93.8 Å². The molecule has 4 aliphatic rings. The van der Waals surface area contributed by atoms with Crippen molar-refractivity contribution in [1.82, 2.24) is 0 Å². The van der Waals surface area contributed by atoms with Gasteiger partial charge in [0, 0.05) is 6.42 Å². The third-order valence-corrected chi connectivity index (χ3v) is 9.73. The molecule has 0 aromatic carbocycles. The Morgan fingerprint density at radius 2 is 1.79 bits per heavy atom. The number of carbonyl (C=O) groups excluding carboxylic acids is 1. The monoisotopic (exact) mass is 470 g/mol. The van der Waals surface area contributed by atoms with E-state index in [1.54, 1.807) is 0 Å². The number of Topliss-reactive ketones (excluding diaryl/α,β-unsaturated/α-hetero) is 1. The van der Waals surface area contributed by atoms with Crippen LogP contribution in [-0.2, 0) is 4.79 Å². The quantitative estimate of drug-likeness (QED) is 0.400. The van der Waals surface area contributed by atoms with Crippen LogP contribution in [-0.4, -0.2) is 39.4 Å². The Labute approximate surface area is 206 Å². The van der Waals surface area contributed by atoms with Gasteiger partial charge in [0.25, 0.3) is 0 Å². The molecule has 34 heavy (non-hydrogen) atoms. The van der Waals surface area contributed by atoms with Crippen LogP contribution in [0, 0.1) is 28.6 Å². The second kappa shape index (κ2) is 10.4. The van der Waals surface area contributed by atoms with Crippen molar-refractivity contribution in [3.05, 3.63) is 35.5 Å². The summed E-state index contributed by atoms with van der Waals surface area (Å²) in [4.78, 5) is 12.5. The van der Waals surface area contributed by atoms with Crippen molar-refractivity contribution in [3.63, 3.8) is 0 Å². The van der Waals surface area contributed by atoms with Gasteiger partial charge in [0.15, 0.2) is 0 Å². The Balaban J connectivity index is 1.43. The van der Waals surface area contributed by atoms with Gasteiger partial charge in [-0.3, -0.25) is 4.79 Å². The van der Waals surface area contributed by atoms with Crippen LogP contribution >= 0.6 is 0 Å². The van der Waals surface area contributed by atoms with Crippen LogP contribution in [0.5, 0.6) is 0 Å². The first-order valence-electron chi connectivity index (χ1n) is 13.8. The fourth-order valence-corrected chi connectivity index (χ4v) is 7.62. The van der Waals surface area contributed by atoms with Gasteiger partial charge in [0.2, 0.25) is 0 Å². The van der Waals surface area contributed by atoms with E-state index in [-0.39, 0.29) is 11.2 Å². The number of ketones is 1. The summed E-state index contributed by atoms with van der Waals surface area (Å²) in [5, 5.41) is 30.9. The zero-order valence-electron chi connectivity index (χ0n) is 21.5. The van der Waals surface area contributed by atoms with Crippen molar-refractivity contribution in [2.24, 2.45) is 28.6 Å². The van der Waals surface area contributed by atoms with Crippen LogP contribution in [0.4, 0.5) is 0 Å². The molecular weight excluding hydrogens is 424 g/mol. The van der Waals surface area contributed by atoms with Gasteiger partial charge in [-0.25, -0.2) is 0 Å². The smallest absolute Gasteiger partial charge is 0.141 e. The lowest BCUT2D eigenvalue weighted by Crippen LogP contribution is -2.35. The van der Waals surface area contributed by atoms with Crippen LogP contribution in [0.1, 0.15) is 97.8 Å². The highest BCUT2D eigenvalue weighted by atomic mass is 16.3. The van der Waals surface area contributed by atoms with Gasteiger partial charge in [-0.15, -0.1) is 0 Å². The number of aliphatic hydroxyl groups is 3. The average molecular weight is 471 g/mol. The molecule has 0 heterocycles. The molecule has 0 saturated heterocycles. The van der Waals surface area contributed by atoms with Crippen LogP contribution in [0.3, 0.4) is 0 Å². The normalized spacial score (nSPS) is 38.1. The Bertz CT molecular complexity index is 823. The van der Waals surface area contributed by atoms with Gasteiger partial charge in [-0.2, -0.15) is 0 Å². The maximum absolute atomic E-state index is 12.5. The molecule has 4 aliphatic carbocycles. The number of carbonyl (C=O) groups is 1. The molecule has 0 amide bonds. The zero-order chi connectivity index (χ0) is 24.5. The van der Waals surface area contributed by atoms with Crippen molar-refractivity contribution >= 4 is 5.78 Å². The summed E-state index contributed by atoms with van der Waals surface area (Å²) in [5.41, 5.74) is 2.47. The molecule has 3 N–H and O–H groups in total. The van der Waals surface area contributed by atoms with E-state index < -0.39 is 23.7 Å². The Morgan fingerprint density at radius 1 is 1.09 bits per heavy atom. The van der Waals surface area contributed by atoms with E-state index >= 15 is 0 Å². The Hall–Kier alpha value is -1.23. The molecule has 0 spiro atoms. The van der Waals surface area contributed by atoms with Gasteiger partial charge in [0.05, 0.1) is 23.7 Å². The summed E-state index contributed by atoms with van der Waals surface area (Å²) in [6.45, 7) is 6.79. The van der Waals surface area contributed by atoms with Crippen molar-refractivity contribution < 1.29 is 20.1 Å². The third kappa shape index (κ3) is 5.15. The Kier molecular flexibility index (Phi) is 7.91. The molecule has 0 bridgehead atoms. The van der Waals surface area contributed by atoms with Gasteiger partial charge >= 0.3 is 0 Å². The molecule has 4 fully saturated rings. The number of allylic oxidation sites excluding steroid dienone is 4. The molecule has 4 heteroatoms. The lowest BCUT2D eigenvalue weighted by molar-refractivity contribution is -0.127. The molecule has 7 atom stereocenters. The van der Waals surface area contributed by atoms with Gasteiger partial charge < -0.3 is 15.3 Å². The number of hydrogen-bond acceptors (Lipinski definition) is 4. The van der Waals surface area contributed by atoms with Crippen molar-refractivity contribution in [1.29, 1.82) is 0 Å². The number of rotatable bonds is 8. The molecule has 190 valence electrons. The molecular formula is C30H46O4. The van der Waals surface area contributed by atoms with E-state index in [2.05, 4.69) is 32.1 Å². The second-order valence-corrected chi connectivity index (χ2v) is 12.1. The van der Waals surface area contributed by atoms with E-state index in [1.807, 2.05) is 13.0 Å². The summed E-state index contributed by atoms with van der Waals surface area (Å²) in [6, 6.07) is 0. The minimum Gasteiger partial charge on any atom is -0.393 e. The predicted molar refractivity (Wildman–Crippen MR) is 136 cm³/mol.